The van der Waals surface area contributed by atoms with E-state index in [9.17, 15) is 9.59 Å². The number of unbranched alkanes of at least 4 members (excludes halogenated alkanes) is 31. The van der Waals surface area contributed by atoms with Crippen molar-refractivity contribution < 1.29 is 14.3 Å². The van der Waals surface area contributed by atoms with Crippen LogP contribution in [0, 0.1) is 0 Å². The minimum atomic E-state index is -1.01. The number of carbonyl (C=O) groups is 2. The molecule has 5 heteroatoms. The summed E-state index contributed by atoms with van der Waals surface area (Å²) in [7, 11) is 0. The van der Waals surface area contributed by atoms with Gasteiger partial charge in [0.25, 0.3) is 5.91 Å². The molecule has 0 aromatic rings. The van der Waals surface area contributed by atoms with Gasteiger partial charge in [-0.3, -0.25) is 9.59 Å². The van der Waals surface area contributed by atoms with Crippen LogP contribution in [0.5, 0.6) is 0 Å². The molecule has 1 aliphatic heterocycles. The van der Waals surface area contributed by atoms with Crippen molar-refractivity contribution in [3.63, 3.8) is 0 Å². The van der Waals surface area contributed by atoms with Gasteiger partial charge >= 0.3 is 5.97 Å². The highest BCUT2D eigenvalue weighted by Gasteiger charge is 2.41. The largest absolute Gasteiger partial charge is 0.449 e. The lowest BCUT2D eigenvalue weighted by Crippen LogP contribution is -2.50. The van der Waals surface area contributed by atoms with Crippen molar-refractivity contribution in [1.82, 2.24) is 10.2 Å². The van der Waals surface area contributed by atoms with Crippen LogP contribution in [0.25, 0.3) is 0 Å². The average molecular weight is 803 g/mol. The van der Waals surface area contributed by atoms with Gasteiger partial charge in [-0.2, -0.15) is 0 Å². The topological polar surface area (TPSA) is 58.6 Å². The zero-order chi connectivity index (χ0) is 41.2. The monoisotopic (exact) mass is 803 g/mol. The third kappa shape index (κ3) is 33.3. The van der Waals surface area contributed by atoms with Gasteiger partial charge in [0.05, 0.1) is 0 Å². The first-order chi connectivity index (χ1) is 28.1. The normalized spacial score (nSPS) is 13.9. The molecule has 0 aliphatic carbocycles. The molecule has 338 valence electrons. The van der Waals surface area contributed by atoms with Crippen molar-refractivity contribution in [3.8, 4) is 0 Å². The average Bonchev–Trinajstić information content (AvgIpc) is 3.49. The quantitative estimate of drug-likeness (QED) is 0.0493. The lowest BCUT2D eigenvalue weighted by Gasteiger charge is -2.33. The maximum atomic E-state index is 14.0. The fourth-order valence-corrected chi connectivity index (χ4v) is 9.03. The fourth-order valence-electron chi connectivity index (χ4n) is 9.03. The molecule has 57 heavy (non-hydrogen) atoms. The van der Waals surface area contributed by atoms with E-state index in [-0.39, 0.29) is 11.9 Å². The number of amides is 1. The molecule has 1 rings (SSSR count). The first-order valence-corrected chi connectivity index (χ1v) is 26.3. The molecule has 5 nitrogen and oxygen atoms in total. The molecular formula is C52H102N2O3. The van der Waals surface area contributed by atoms with E-state index < -0.39 is 5.60 Å². The Bertz CT molecular complexity index is 818. The molecular weight excluding hydrogens is 701 g/mol. The van der Waals surface area contributed by atoms with Crippen LogP contribution in [0.15, 0.2) is 0 Å². The Kier molecular flexibility index (Phi) is 39.4. The van der Waals surface area contributed by atoms with Crippen molar-refractivity contribution in [2.24, 2.45) is 0 Å². The van der Waals surface area contributed by atoms with Gasteiger partial charge in [0.2, 0.25) is 0 Å². The molecule has 0 spiro atoms. The molecule has 1 amide bonds. The lowest BCUT2D eigenvalue weighted by molar-refractivity contribution is -0.171. The Hall–Kier alpha value is -1.10. The van der Waals surface area contributed by atoms with E-state index >= 15 is 0 Å². The Morgan fingerprint density at radius 1 is 0.439 bits per heavy atom. The number of carbonyl (C=O) groups excluding carboxylic acids is 2. The highest BCUT2D eigenvalue weighted by atomic mass is 16.6. The number of likely N-dealkylation sites (tertiary alicyclic amines) is 1. The van der Waals surface area contributed by atoms with Crippen LogP contribution in [0.4, 0.5) is 0 Å². The molecule has 0 unspecified atom stereocenters. The predicted molar refractivity (Wildman–Crippen MR) is 249 cm³/mol. The summed E-state index contributed by atoms with van der Waals surface area (Å²) in [5.41, 5.74) is -1.01. The number of hydrogen-bond donors (Lipinski definition) is 1. The van der Waals surface area contributed by atoms with E-state index in [0.717, 1.165) is 64.6 Å². The first-order valence-electron chi connectivity index (χ1n) is 26.3. The standard InChI is InChI=1S/C52H102N2O3/c1-4-7-10-12-14-16-18-20-22-24-26-28-30-32-34-38-44-52(51(56)53-46-9-6-3,57-50(55)43-42-49-54-47-40-36-37-41-48-54)45-39-35-33-31-29-27-25-23-21-19-17-15-13-11-8-5-2/h4-49H2,1-3H3,(H,53,56). The predicted octanol–water partition coefficient (Wildman–Crippen LogP) is 16.1. The zero-order valence-electron chi connectivity index (χ0n) is 39.2. The SMILES string of the molecule is CCCCCCCCCCCCCCCCCCC(CCCCCCCCCCCCCCCCCC)(OC(=O)CCCN1CCCCCC1)C(=O)NCCCC. The van der Waals surface area contributed by atoms with Gasteiger partial charge in [0, 0.05) is 13.0 Å². The number of rotatable bonds is 43. The van der Waals surface area contributed by atoms with Crippen LogP contribution < -0.4 is 5.32 Å². The van der Waals surface area contributed by atoms with Crippen LogP contribution >= 0.6 is 0 Å². The Morgan fingerprint density at radius 3 is 1.12 bits per heavy atom. The minimum Gasteiger partial charge on any atom is -0.449 e. The molecule has 1 heterocycles. The molecule has 0 bridgehead atoms. The van der Waals surface area contributed by atoms with Crippen molar-refractivity contribution in [3.05, 3.63) is 0 Å². The van der Waals surface area contributed by atoms with Crippen LogP contribution in [0.3, 0.4) is 0 Å². The second-order valence-corrected chi connectivity index (χ2v) is 18.5. The fraction of sp³-hybridized carbons (Fsp3) is 0.962. The lowest BCUT2D eigenvalue weighted by atomic mass is 9.88. The second kappa shape index (κ2) is 41.6. The summed E-state index contributed by atoms with van der Waals surface area (Å²) in [6.45, 7) is 10.7. The molecule has 0 aromatic heterocycles. The molecule has 0 atom stereocenters. The molecule has 1 aliphatic rings. The first kappa shape index (κ1) is 53.9. The van der Waals surface area contributed by atoms with Crippen LogP contribution in [-0.4, -0.2) is 48.6 Å². The third-order valence-corrected chi connectivity index (χ3v) is 13.0. The molecule has 1 N–H and O–H groups in total. The molecule has 1 fully saturated rings. The molecule has 0 saturated carbocycles. The highest BCUT2D eigenvalue weighted by Crippen LogP contribution is 2.30. The van der Waals surface area contributed by atoms with Crippen molar-refractivity contribution >= 4 is 11.9 Å². The Balaban J connectivity index is 2.53. The van der Waals surface area contributed by atoms with Gasteiger partial charge < -0.3 is 15.0 Å². The van der Waals surface area contributed by atoms with Gasteiger partial charge in [-0.25, -0.2) is 0 Å². The van der Waals surface area contributed by atoms with Crippen LogP contribution in [0.2, 0.25) is 0 Å². The molecule has 1 saturated heterocycles. The summed E-state index contributed by atoms with van der Waals surface area (Å²) in [5.74, 6) is -0.192. The van der Waals surface area contributed by atoms with Crippen LogP contribution in [-0.2, 0) is 14.3 Å². The molecule has 0 aromatic carbocycles. The third-order valence-electron chi connectivity index (χ3n) is 13.0. The number of ether oxygens (including phenoxy) is 1. The van der Waals surface area contributed by atoms with E-state index in [1.807, 2.05) is 0 Å². The van der Waals surface area contributed by atoms with Gasteiger partial charge in [-0.05, 0) is 71.0 Å². The summed E-state index contributed by atoms with van der Waals surface area (Å²) in [4.78, 5) is 30.1. The van der Waals surface area contributed by atoms with Gasteiger partial charge in [0.15, 0.2) is 5.60 Å². The zero-order valence-corrected chi connectivity index (χ0v) is 39.2. The summed E-state index contributed by atoms with van der Waals surface area (Å²) in [5, 5.41) is 3.23. The van der Waals surface area contributed by atoms with E-state index in [1.54, 1.807) is 0 Å². The maximum Gasteiger partial charge on any atom is 0.306 e. The smallest absolute Gasteiger partial charge is 0.306 e. The van der Waals surface area contributed by atoms with E-state index in [0.29, 0.717) is 25.8 Å². The Morgan fingerprint density at radius 2 is 0.772 bits per heavy atom. The molecule has 0 radical (unpaired) electrons. The van der Waals surface area contributed by atoms with Crippen molar-refractivity contribution in [2.45, 2.75) is 296 Å². The summed E-state index contributed by atoms with van der Waals surface area (Å²) >= 11 is 0. The number of hydrogen-bond acceptors (Lipinski definition) is 4. The summed E-state index contributed by atoms with van der Waals surface area (Å²) < 4.78 is 6.42. The second-order valence-electron chi connectivity index (χ2n) is 18.5. The highest BCUT2D eigenvalue weighted by molar-refractivity contribution is 5.87. The van der Waals surface area contributed by atoms with Gasteiger partial charge in [-0.15, -0.1) is 0 Å². The maximum absolute atomic E-state index is 14.0. The van der Waals surface area contributed by atoms with Crippen LogP contribution in [0.1, 0.15) is 290 Å². The van der Waals surface area contributed by atoms with Crippen molar-refractivity contribution in [1.29, 1.82) is 0 Å². The summed E-state index contributed by atoms with van der Waals surface area (Å²) in [6.07, 6.45) is 52.4. The van der Waals surface area contributed by atoms with Crippen molar-refractivity contribution in [2.75, 3.05) is 26.2 Å². The van der Waals surface area contributed by atoms with E-state index in [4.69, 9.17) is 4.74 Å². The number of esters is 1. The van der Waals surface area contributed by atoms with Gasteiger partial charge in [-0.1, -0.05) is 233 Å². The van der Waals surface area contributed by atoms with E-state index in [2.05, 4.69) is 31.0 Å². The number of nitrogens with one attached hydrogen (secondary N) is 1. The minimum absolute atomic E-state index is 0.0289. The summed E-state index contributed by atoms with van der Waals surface area (Å²) in [6, 6.07) is 0. The Labute approximate surface area is 357 Å². The van der Waals surface area contributed by atoms with Gasteiger partial charge in [0.1, 0.15) is 0 Å². The number of nitrogens with zero attached hydrogens (tertiary/aromatic N) is 1. The van der Waals surface area contributed by atoms with E-state index in [1.165, 1.54) is 205 Å².